The van der Waals surface area contributed by atoms with E-state index in [4.69, 9.17) is 16.3 Å². The Morgan fingerprint density at radius 1 is 1.56 bits per heavy atom. The Morgan fingerprint density at radius 3 is 2.62 bits per heavy atom. The van der Waals surface area contributed by atoms with E-state index in [9.17, 15) is 4.79 Å². The van der Waals surface area contributed by atoms with Crippen LogP contribution in [0.25, 0.3) is 0 Å². The van der Waals surface area contributed by atoms with Gasteiger partial charge in [-0.2, -0.15) is 0 Å². The van der Waals surface area contributed by atoms with Crippen LogP contribution in [0.5, 0.6) is 0 Å². The molecule has 1 rings (SSSR count). The molecule has 1 N–H and O–H groups in total. The molecule has 1 aromatic rings. The fourth-order valence-corrected chi connectivity index (χ4v) is 2.15. The van der Waals surface area contributed by atoms with Crippen LogP contribution >= 0.6 is 22.9 Å². The standard InChI is InChI=1S/C10H15ClN2O2S/c1-6-7(5-11)16-8(12-6)13-9(14)15-10(2,3)4/h5H2,1-4H3,(H,12,13,14). The fraction of sp³-hybridized carbons (Fsp3) is 0.600. The zero-order valence-electron chi connectivity index (χ0n) is 9.76. The Hall–Kier alpha value is -0.810. The van der Waals surface area contributed by atoms with Crippen LogP contribution in [0.15, 0.2) is 0 Å². The summed E-state index contributed by atoms with van der Waals surface area (Å²) in [6.07, 6.45) is -0.498. The average Bonchev–Trinajstić information content (AvgIpc) is 2.42. The summed E-state index contributed by atoms with van der Waals surface area (Å²) in [6.45, 7) is 7.28. The van der Waals surface area contributed by atoms with E-state index in [-0.39, 0.29) is 0 Å². The molecule has 4 nitrogen and oxygen atoms in total. The number of nitrogens with zero attached hydrogens (tertiary/aromatic N) is 1. The smallest absolute Gasteiger partial charge is 0.413 e. The van der Waals surface area contributed by atoms with Gasteiger partial charge in [-0.25, -0.2) is 9.78 Å². The Morgan fingerprint density at radius 2 is 2.19 bits per heavy atom. The molecule has 0 spiro atoms. The minimum absolute atomic E-state index is 0.402. The van der Waals surface area contributed by atoms with Gasteiger partial charge >= 0.3 is 6.09 Å². The van der Waals surface area contributed by atoms with Crippen LogP contribution in [-0.2, 0) is 10.6 Å². The summed E-state index contributed by atoms with van der Waals surface area (Å²) in [5.74, 6) is 0.402. The summed E-state index contributed by atoms with van der Waals surface area (Å²) in [6, 6.07) is 0. The summed E-state index contributed by atoms with van der Waals surface area (Å²) in [5.41, 5.74) is 0.331. The van der Waals surface area contributed by atoms with Gasteiger partial charge in [0.1, 0.15) is 5.60 Å². The second-order valence-corrected chi connectivity index (χ2v) is 5.64. The van der Waals surface area contributed by atoms with Crippen LogP contribution in [0, 0.1) is 6.92 Å². The zero-order chi connectivity index (χ0) is 12.3. The maximum atomic E-state index is 11.4. The largest absolute Gasteiger partial charge is 0.444 e. The fourth-order valence-electron chi connectivity index (χ4n) is 0.996. The van der Waals surface area contributed by atoms with Gasteiger partial charge in [0, 0.05) is 4.88 Å². The number of halogens is 1. The lowest BCUT2D eigenvalue weighted by molar-refractivity contribution is 0.0636. The topological polar surface area (TPSA) is 51.2 Å². The van der Waals surface area contributed by atoms with E-state index in [2.05, 4.69) is 10.3 Å². The maximum absolute atomic E-state index is 11.4. The highest BCUT2D eigenvalue weighted by atomic mass is 35.5. The van der Waals surface area contributed by atoms with E-state index >= 15 is 0 Å². The van der Waals surface area contributed by atoms with E-state index < -0.39 is 11.7 Å². The number of hydrogen-bond donors (Lipinski definition) is 1. The number of aryl methyl sites for hydroxylation is 1. The van der Waals surface area contributed by atoms with Gasteiger partial charge in [-0.3, -0.25) is 5.32 Å². The number of amides is 1. The number of anilines is 1. The van der Waals surface area contributed by atoms with Crippen molar-refractivity contribution in [3.63, 3.8) is 0 Å². The first-order valence-corrected chi connectivity index (χ1v) is 6.19. The second kappa shape index (κ2) is 5.01. The molecule has 0 aliphatic heterocycles. The monoisotopic (exact) mass is 262 g/mol. The minimum atomic E-state index is -0.508. The van der Waals surface area contributed by atoms with Crippen LogP contribution in [0.2, 0.25) is 0 Å². The van der Waals surface area contributed by atoms with Gasteiger partial charge in [-0.15, -0.1) is 22.9 Å². The molecule has 16 heavy (non-hydrogen) atoms. The first-order chi connectivity index (χ1) is 7.31. The Kier molecular flexibility index (Phi) is 4.15. The molecule has 0 aliphatic carbocycles. The Bertz CT molecular complexity index is 385. The maximum Gasteiger partial charge on any atom is 0.413 e. The molecular formula is C10H15ClN2O2S. The number of carbonyl (C=O) groups excluding carboxylic acids is 1. The lowest BCUT2D eigenvalue weighted by atomic mass is 10.2. The molecule has 0 aliphatic rings. The number of ether oxygens (including phenoxy) is 1. The summed E-state index contributed by atoms with van der Waals surface area (Å²) < 4.78 is 5.11. The second-order valence-electron chi connectivity index (χ2n) is 4.29. The van der Waals surface area contributed by atoms with E-state index in [1.54, 1.807) is 0 Å². The van der Waals surface area contributed by atoms with Crippen molar-refractivity contribution in [2.24, 2.45) is 0 Å². The van der Waals surface area contributed by atoms with Crippen LogP contribution in [0.4, 0.5) is 9.93 Å². The van der Waals surface area contributed by atoms with Crippen LogP contribution in [0.1, 0.15) is 31.3 Å². The Labute approximate surface area is 104 Å². The number of nitrogens with one attached hydrogen (secondary N) is 1. The van der Waals surface area contributed by atoms with Crippen molar-refractivity contribution in [1.82, 2.24) is 4.98 Å². The Balaban J connectivity index is 2.63. The molecule has 1 heterocycles. The quantitative estimate of drug-likeness (QED) is 0.830. The number of aromatic nitrogens is 1. The highest BCUT2D eigenvalue weighted by Crippen LogP contribution is 2.24. The van der Waals surface area contributed by atoms with Crippen molar-refractivity contribution in [2.45, 2.75) is 39.2 Å². The van der Waals surface area contributed by atoms with Gasteiger partial charge in [0.25, 0.3) is 0 Å². The van der Waals surface area contributed by atoms with Crippen molar-refractivity contribution >= 4 is 34.2 Å². The molecule has 0 saturated heterocycles. The molecule has 90 valence electrons. The third kappa shape index (κ3) is 3.98. The molecular weight excluding hydrogens is 248 g/mol. The van der Waals surface area contributed by atoms with Crippen LogP contribution in [-0.4, -0.2) is 16.7 Å². The third-order valence-electron chi connectivity index (χ3n) is 1.62. The van der Waals surface area contributed by atoms with Gasteiger partial charge < -0.3 is 4.74 Å². The third-order valence-corrected chi connectivity index (χ3v) is 3.12. The van der Waals surface area contributed by atoms with Crippen molar-refractivity contribution in [1.29, 1.82) is 0 Å². The molecule has 0 radical (unpaired) electrons. The molecule has 0 bridgehead atoms. The molecule has 0 fully saturated rings. The van der Waals surface area contributed by atoms with E-state index in [0.29, 0.717) is 11.0 Å². The predicted octanol–water partition coefficient (Wildman–Crippen LogP) is 3.54. The van der Waals surface area contributed by atoms with Crippen molar-refractivity contribution in [3.8, 4) is 0 Å². The number of alkyl halides is 1. The minimum Gasteiger partial charge on any atom is -0.444 e. The van der Waals surface area contributed by atoms with E-state index in [1.807, 2.05) is 27.7 Å². The van der Waals surface area contributed by atoms with E-state index in [1.165, 1.54) is 11.3 Å². The van der Waals surface area contributed by atoms with Crippen molar-refractivity contribution in [3.05, 3.63) is 10.6 Å². The molecule has 1 amide bonds. The van der Waals surface area contributed by atoms with Gasteiger partial charge in [0.05, 0.1) is 11.6 Å². The first kappa shape index (κ1) is 13.3. The van der Waals surface area contributed by atoms with Crippen LogP contribution in [0.3, 0.4) is 0 Å². The normalized spacial score (nSPS) is 11.3. The highest BCUT2D eigenvalue weighted by Gasteiger charge is 2.17. The molecule has 0 unspecified atom stereocenters. The summed E-state index contributed by atoms with van der Waals surface area (Å²) >= 11 is 7.07. The molecule has 0 aromatic carbocycles. The van der Waals surface area contributed by atoms with Gasteiger partial charge in [0.2, 0.25) is 0 Å². The summed E-state index contributed by atoms with van der Waals surface area (Å²) in [5, 5.41) is 3.10. The SMILES string of the molecule is Cc1nc(NC(=O)OC(C)(C)C)sc1CCl. The first-order valence-electron chi connectivity index (χ1n) is 4.84. The number of thiazole rings is 1. The highest BCUT2D eigenvalue weighted by molar-refractivity contribution is 7.16. The summed E-state index contributed by atoms with van der Waals surface area (Å²) in [7, 11) is 0. The van der Waals surface area contributed by atoms with Gasteiger partial charge in [0.15, 0.2) is 5.13 Å². The van der Waals surface area contributed by atoms with Crippen molar-refractivity contribution in [2.75, 3.05) is 5.32 Å². The van der Waals surface area contributed by atoms with Crippen molar-refractivity contribution < 1.29 is 9.53 Å². The zero-order valence-corrected chi connectivity index (χ0v) is 11.3. The number of hydrogen-bond acceptors (Lipinski definition) is 4. The number of rotatable bonds is 2. The summed E-state index contributed by atoms with van der Waals surface area (Å²) in [4.78, 5) is 16.6. The average molecular weight is 263 g/mol. The van der Waals surface area contributed by atoms with E-state index in [0.717, 1.165) is 10.6 Å². The molecule has 0 atom stereocenters. The molecule has 1 aromatic heterocycles. The van der Waals surface area contributed by atoms with Gasteiger partial charge in [-0.1, -0.05) is 0 Å². The lowest BCUT2D eigenvalue weighted by Gasteiger charge is -2.18. The van der Waals surface area contributed by atoms with Gasteiger partial charge in [-0.05, 0) is 27.7 Å². The van der Waals surface area contributed by atoms with Crippen LogP contribution < -0.4 is 5.32 Å². The predicted molar refractivity (Wildman–Crippen MR) is 66.3 cm³/mol. The lowest BCUT2D eigenvalue weighted by Crippen LogP contribution is -2.27. The number of carbonyl (C=O) groups is 1. The molecule has 0 saturated carbocycles. The molecule has 6 heteroatoms.